The maximum atomic E-state index is 12.7. The molecule has 0 unspecified atom stereocenters. The Morgan fingerprint density at radius 3 is 2.40 bits per heavy atom. The highest BCUT2D eigenvalue weighted by Crippen LogP contribution is 2.38. The topological polar surface area (TPSA) is 146 Å². The molecule has 2 aromatic carbocycles. The molecule has 0 bridgehead atoms. The number of amides is 1. The monoisotopic (exact) mass is 570 g/mol. The number of carbonyl (C=O) groups is 3. The number of hydrazone groups is 1. The van der Waals surface area contributed by atoms with Crippen molar-refractivity contribution in [1.82, 2.24) is 16.1 Å². The van der Waals surface area contributed by atoms with Crippen LogP contribution in [0.25, 0.3) is 0 Å². The summed E-state index contributed by atoms with van der Waals surface area (Å²) >= 11 is 5.29. The fourth-order valence-corrected chi connectivity index (χ4v) is 4.10. The Morgan fingerprint density at radius 2 is 1.77 bits per heavy atom. The van der Waals surface area contributed by atoms with Gasteiger partial charge in [0.25, 0.3) is 5.91 Å². The second-order valence-electron chi connectivity index (χ2n) is 8.26. The van der Waals surface area contributed by atoms with Gasteiger partial charge in [-0.1, -0.05) is 18.2 Å². The maximum Gasteiger partial charge on any atom is 0.338 e. The number of rotatable bonds is 11. The van der Waals surface area contributed by atoms with Crippen molar-refractivity contribution in [2.24, 2.45) is 5.10 Å². The first-order chi connectivity index (χ1) is 19.2. The predicted molar refractivity (Wildman–Crippen MR) is 149 cm³/mol. The van der Waals surface area contributed by atoms with Gasteiger partial charge in [0.05, 0.1) is 38.7 Å². The van der Waals surface area contributed by atoms with Gasteiger partial charge in [0.1, 0.15) is 5.75 Å². The van der Waals surface area contributed by atoms with Gasteiger partial charge in [-0.2, -0.15) is 5.10 Å². The number of benzene rings is 2. The van der Waals surface area contributed by atoms with Crippen molar-refractivity contribution in [1.29, 1.82) is 0 Å². The van der Waals surface area contributed by atoms with Crippen LogP contribution in [0.2, 0.25) is 0 Å². The number of carbonyl (C=O) groups excluding carboxylic acids is 3. The normalized spacial score (nSPS) is 14.6. The minimum absolute atomic E-state index is 0.130. The number of para-hydroxylation sites is 1. The Hall–Kier alpha value is -4.65. The molecule has 12 nitrogen and oxygen atoms in total. The number of hydrogen-bond acceptors (Lipinski definition) is 10. The van der Waals surface area contributed by atoms with E-state index in [0.29, 0.717) is 33.3 Å². The molecule has 1 heterocycles. The molecular formula is C27H30N4O8S. The molecule has 0 radical (unpaired) electrons. The summed E-state index contributed by atoms with van der Waals surface area (Å²) in [7, 11) is 2.83. The van der Waals surface area contributed by atoms with Crippen LogP contribution in [0.1, 0.15) is 37.9 Å². The Morgan fingerprint density at radius 1 is 1.10 bits per heavy atom. The zero-order valence-electron chi connectivity index (χ0n) is 22.7. The largest absolute Gasteiger partial charge is 0.493 e. The molecule has 1 aliphatic rings. The molecular weight excluding hydrogens is 540 g/mol. The molecule has 0 aromatic heterocycles. The van der Waals surface area contributed by atoms with E-state index in [0.717, 1.165) is 0 Å². The lowest BCUT2D eigenvalue weighted by Crippen LogP contribution is -2.45. The molecule has 3 N–H and O–H groups in total. The lowest BCUT2D eigenvalue weighted by Gasteiger charge is -2.30. The molecule has 1 amide bonds. The molecule has 0 spiro atoms. The van der Waals surface area contributed by atoms with Crippen molar-refractivity contribution in [2.45, 2.75) is 26.8 Å². The molecule has 0 saturated heterocycles. The van der Waals surface area contributed by atoms with Crippen LogP contribution in [-0.2, 0) is 19.1 Å². The van der Waals surface area contributed by atoms with Gasteiger partial charge >= 0.3 is 11.9 Å². The maximum absolute atomic E-state index is 12.7. The highest BCUT2D eigenvalue weighted by atomic mass is 32.1. The zero-order chi connectivity index (χ0) is 29.2. The van der Waals surface area contributed by atoms with Gasteiger partial charge in [-0.25, -0.2) is 10.2 Å². The minimum Gasteiger partial charge on any atom is -0.493 e. The number of methoxy groups -OCH3 is 2. The Bertz CT molecular complexity index is 1330. The predicted octanol–water partition coefficient (Wildman–Crippen LogP) is 2.51. The van der Waals surface area contributed by atoms with E-state index in [1.165, 1.54) is 27.4 Å². The molecule has 13 heteroatoms. The summed E-state index contributed by atoms with van der Waals surface area (Å²) in [5.74, 6) is -0.565. The lowest BCUT2D eigenvalue weighted by molar-refractivity contribution is -0.139. The standard InChI is InChI=1S/C27H30N4O8S/c1-6-37-26(34)23-15(2)29-27(40)30-24(23)18-9-7-8-10-19(18)38-14-22(33)31-28-13-17-11-20(35-4)25(39-16(3)32)21(12-17)36-5/h7-13,24H,6,14H2,1-5H3,(H,31,33)(H2,29,30,40)/t24-/m1/s1. The minimum atomic E-state index is -0.648. The molecule has 2 aromatic rings. The van der Waals surface area contributed by atoms with Crippen LogP contribution >= 0.6 is 12.2 Å². The summed E-state index contributed by atoms with van der Waals surface area (Å²) in [4.78, 5) is 36.6. The highest BCUT2D eigenvalue weighted by molar-refractivity contribution is 7.80. The number of nitrogens with one attached hydrogen (secondary N) is 3. The summed E-state index contributed by atoms with van der Waals surface area (Å²) in [6, 6.07) is 9.46. The number of nitrogens with zero attached hydrogens (tertiary/aromatic N) is 1. The van der Waals surface area contributed by atoms with Gasteiger partial charge in [0.15, 0.2) is 23.2 Å². The quantitative estimate of drug-likeness (QED) is 0.120. The van der Waals surface area contributed by atoms with E-state index in [9.17, 15) is 14.4 Å². The third kappa shape index (κ3) is 7.47. The zero-order valence-corrected chi connectivity index (χ0v) is 23.5. The van der Waals surface area contributed by atoms with Gasteiger partial charge in [-0.3, -0.25) is 9.59 Å². The van der Waals surface area contributed by atoms with Crippen molar-refractivity contribution in [3.05, 3.63) is 58.8 Å². The first kappa shape index (κ1) is 29.9. The van der Waals surface area contributed by atoms with Crippen LogP contribution in [0.4, 0.5) is 0 Å². The molecule has 0 saturated carbocycles. The molecule has 3 rings (SSSR count). The van der Waals surface area contributed by atoms with Gasteiger partial charge < -0.3 is 34.3 Å². The summed E-state index contributed by atoms with van der Waals surface area (Å²) in [6.45, 7) is 4.57. The first-order valence-electron chi connectivity index (χ1n) is 12.1. The third-order valence-corrected chi connectivity index (χ3v) is 5.70. The second-order valence-corrected chi connectivity index (χ2v) is 8.67. The number of esters is 2. The van der Waals surface area contributed by atoms with Crippen LogP contribution in [0.15, 0.2) is 52.8 Å². The van der Waals surface area contributed by atoms with Crippen LogP contribution in [0, 0.1) is 0 Å². The Kier molecular flexibility index (Phi) is 10.4. The second kappa shape index (κ2) is 13.9. The van der Waals surface area contributed by atoms with E-state index in [-0.39, 0.29) is 30.5 Å². The summed E-state index contributed by atoms with van der Waals surface area (Å²) in [5.41, 5.74) is 4.41. The van der Waals surface area contributed by atoms with Crippen LogP contribution in [0.3, 0.4) is 0 Å². The van der Waals surface area contributed by atoms with E-state index < -0.39 is 23.9 Å². The van der Waals surface area contributed by atoms with Crippen molar-refractivity contribution < 1.29 is 38.1 Å². The van der Waals surface area contributed by atoms with E-state index in [1.54, 1.807) is 50.2 Å². The van der Waals surface area contributed by atoms with Crippen molar-refractivity contribution in [3.8, 4) is 23.0 Å². The van der Waals surface area contributed by atoms with Gasteiger partial charge in [0, 0.05) is 23.7 Å². The smallest absolute Gasteiger partial charge is 0.338 e. The van der Waals surface area contributed by atoms with Crippen LogP contribution in [-0.4, -0.2) is 56.6 Å². The third-order valence-electron chi connectivity index (χ3n) is 5.48. The fourth-order valence-electron chi connectivity index (χ4n) is 3.83. The average Bonchev–Trinajstić information content (AvgIpc) is 2.91. The van der Waals surface area contributed by atoms with Crippen molar-refractivity contribution in [3.63, 3.8) is 0 Å². The van der Waals surface area contributed by atoms with E-state index in [4.69, 9.17) is 35.9 Å². The van der Waals surface area contributed by atoms with Gasteiger partial charge in [0.2, 0.25) is 5.75 Å². The first-order valence-corrected chi connectivity index (χ1v) is 12.5. The molecule has 1 atom stereocenters. The number of thiocarbonyl (C=S) groups is 1. The number of hydrogen-bond donors (Lipinski definition) is 3. The van der Waals surface area contributed by atoms with Crippen molar-refractivity contribution in [2.75, 3.05) is 27.4 Å². The summed E-state index contributed by atoms with van der Waals surface area (Å²) in [5, 5.41) is 10.3. The molecule has 40 heavy (non-hydrogen) atoms. The molecule has 0 fully saturated rings. The molecule has 1 aliphatic heterocycles. The summed E-state index contributed by atoms with van der Waals surface area (Å²) in [6.07, 6.45) is 1.37. The highest BCUT2D eigenvalue weighted by Gasteiger charge is 2.32. The average molecular weight is 571 g/mol. The van der Waals surface area contributed by atoms with Crippen LogP contribution < -0.4 is 35.0 Å². The van der Waals surface area contributed by atoms with Crippen molar-refractivity contribution >= 4 is 41.4 Å². The Balaban J connectivity index is 1.72. The summed E-state index contributed by atoms with van der Waals surface area (Å²) < 4.78 is 26.7. The van der Waals surface area contributed by atoms with E-state index in [2.05, 4.69) is 21.2 Å². The van der Waals surface area contributed by atoms with Gasteiger partial charge in [-0.05, 0) is 44.3 Å². The molecule has 0 aliphatic carbocycles. The number of allylic oxidation sites excluding steroid dienone is 1. The fraction of sp³-hybridized carbons (Fsp3) is 0.296. The van der Waals surface area contributed by atoms with E-state index in [1.807, 2.05) is 0 Å². The van der Waals surface area contributed by atoms with E-state index >= 15 is 0 Å². The van der Waals surface area contributed by atoms with Gasteiger partial charge in [-0.15, -0.1) is 0 Å². The molecule has 212 valence electrons. The SMILES string of the molecule is CCOC(=O)C1=C(C)NC(=S)N[C@@H]1c1ccccc1OCC(=O)NN=Cc1cc(OC)c(OC(C)=O)c(OC)c1. The Labute approximate surface area is 236 Å². The van der Waals surface area contributed by atoms with Crippen LogP contribution in [0.5, 0.6) is 23.0 Å². The lowest BCUT2D eigenvalue weighted by atomic mass is 9.95. The number of ether oxygens (including phenoxy) is 5.